The largest absolute Gasteiger partial charge is 0.444 e. The molecule has 6 rings (SSSR count). The number of ether oxygens (including phenoxy) is 1. The molecule has 0 heterocycles. The van der Waals surface area contributed by atoms with E-state index in [0.717, 1.165) is 57.8 Å². The predicted molar refractivity (Wildman–Crippen MR) is 133 cm³/mol. The lowest BCUT2D eigenvalue weighted by Gasteiger charge is -2.62. The first-order valence-electron chi connectivity index (χ1n) is 13.1. The Morgan fingerprint density at radius 1 is 0.912 bits per heavy atom. The zero-order chi connectivity index (χ0) is 24.1. The van der Waals surface area contributed by atoms with E-state index in [1.54, 1.807) is 0 Å². The Morgan fingerprint density at radius 3 is 2.03 bits per heavy atom. The highest BCUT2D eigenvalue weighted by atomic mass is 16.6. The molecule has 2 amide bonds. The number of allylic oxidation sites excluding steroid dienone is 1. The van der Waals surface area contributed by atoms with Crippen LogP contribution in [0.4, 0.5) is 4.79 Å². The zero-order valence-corrected chi connectivity index (χ0v) is 21.0. The second-order valence-electron chi connectivity index (χ2n) is 12.6. The van der Waals surface area contributed by atoms with Crippen LogP contribution in [-0.2, 0) is 14.9 Å². The molecule has 0 saturated heterocycles. The van der Waals surface area contributed by atoms with Crippen LogP contribution >= 0.6 is 0 Å². The Balaban J connectivity index is 1.23. The van der Waals surface area contributed by atoms with E-state index in [1.807, 2.05) is 20.8 Å². The van der Waals surface area contributed by atoms with E-state index in [-0.39, 0.29) is 34.9 Å². The van der Waals surface area contributed by atoms with Crippen molar-refractivity contribution in [1.82, 2.24) is 10.6 Å². The number of hydrogen-bond donors (Lipinski definition) is 2. The van der Waals surface area contributed by atoms with Crippen molar-refractivity contribution in [2.75, 3.05) is 0 Å². The molecule has 5 nitrogen and oxygen atoms in total. The summed E-state index contributed by atoms with van der Waals surface area (Å²) in [6.07, 6.45) is 8.34. The molecule has 1 aromatic rings. The van der Waals surface area contributed by atoms with Gasteiger partial charge in [0, 0.05) is 12.1 Å². The van der Waals surface area contributed by atoms with E-state index < -0.39 is 5.60 Å². The number of nitrogens with one attached hydrogen (secondary N) is 2. The van der Waals surface area contributed by atoms with Gasteiger partial charge in [-0.2, -0.15) is 0 Å². The maximum absolute atomic E-state index is 13.8. The van der Waals surface area contributed by atoms with Crippen LogP contribution in [0.3, 0.4) is 0 Å². The number of benzene rings is 1. The topological polar surface area (TPSA) is 67.4 Å². The van der Waals surface area contributed by atoms with Crippen molar-refractivity contribution in [1.29, 1.82) is 0 Å². The van der Waals surface area contributed by atoms with Crippen LogP contribution in [0.25, 0.3) is 0 Å². The summed E-state index contributed by atoms with van der Waals surface area (Å²) in [5.41, 5.74) is 2.15. The summed E-state index contributed by atoms with van der Waals surface area (Å²) in [6, 6.07) is 11.2. The Labute approximate surface area is 204 Å². The van der Waals surface area contributed by atoms with Crippen LogP contribution in [0.15, 0.2) is 42.5 Å². The molecule has 5 aliphatic rings. The minimum atomic E-state index is -0.491. The molecular weight excluding hydrogens is 424 g/mol. The molecular formula is C29H40N2O3. The van der Waals surface area contributed by atoms with E-state index in [2.05, 4.69) is 47.5 Å². The summed E-state index contributed by atoms with van der Waals surface area (Å²) in [4.78, 5) is 25.9. The zero-order valence-electron chi connectivity index (χ0n) is 21.0. The van der Waals surface area contributed by atoms with Gasteiger partial charge in [0.25, 0.3) is 0 Å². The fraction of sp³-hybridized carbons (Fsp3) is 0.655. The van der Waals surface area contributed by atoms with E-state index in [1.165, 1.54) is 11.1 Å². The van der Waals surface area contributed by atoms with Gasteiger partial charge in [-0.3, -0.25) is 4.79 Å². The average Bonchev–Trinajstić information content (AvgIpc) is 2.77. The summed E-state index contributed by atoms with van der Waals surface area (Å²) < 4.78 is 5.40. The summed E-state index contributed by atoms with van der Waals surface area (Å²) in [5, 5.41) is 6.46. The Kier molecular flexibility index (Phi) is 5.81. The fourth-order valence-electron chi connectivity index (χ4n) is 7.58. The lowest BCUT2D eigenvalue weighted by atomic mass is 9.41. The highest BCUT2D eigenvalue weighted by Gasteiger charge is 2.62. The van der Waals surface area contributed by atoms with Crippen LogP contribution in [0.5, 0.6) is 0 Å². The van der Waals surface area contributed by atoms with Crippen molar-refractivity contribution < 1.29 is 14.3 Å². The quantitative estimate of drug-likeness (QED) is 0.567. The van der Waals surface area contributed by atoms with Gasteiger partial charge in [0.15, 0.2) is 0 Å². The van der Waals surface area contributed by atoms with E-state index in [4.69, 9.17) is 4.74 Å². The monoisotopic (exact) mass is 464 g/mol. The third kappa shape index (κ3) is 4.38. The lowest BCUT2D eigenvalue weighted by molar-refractivity contribution is -0.145. The number of carbonyl (C=O) groups excluding carboxylic acids is 2. The normalized spacial score (nSPS) is 36.7. The Bertz CT molecular complexity index is 937. The van der Waals surface area contributed by atoms with Crippen molar-refractivity contribution in [3.05, 3.63) is 48.0 Å². The maximum Gasteiger partial charge on any atom is 0.407 e. The van der Waals surface area contributed by atoms with E-state index >= 15 is 0 Å². The average molecular weight is 465 g/mol. The van der Waals surface area contributed by atoms with Crippen LogP contribution in [0.2, 0.25) is 0 Å². The molecule has 0 aliphatic heterocycles. The Hall–Kier alpha value is -2.30. The molecule has 2 N–H and O–H groups in total. The van der Waals surface area contributed by atoms with Crippen LogP contribution in [0, 0.1) is 17.3 Å². The third-order valence-corrected chi connectivity index (χ3v) is 8.93. The number of hydrogen-bond acceptors (Lipinski definition) is 3. The molecule has 0 aromatic heterocycles. The summed E-state index contributed by atoms with van der Waals surface area (Å²) in [7, 11) is 0. The summed E-state index contributed by atoms with van der Waals surface area (Å²) >= 11 is 0. The van der Waals surface area contributed by atoms with E-state index in [0.29, 0.717) is 11.8 Å². The SMILES string of the molecule is C=C1C2CC3(C(=O)NC4CCC(NC(=O)OC(C)(C)C)CC4)CC1CC(c1ccccc1)(C2)C3. The highest BCUT2D eigenvalue weighted by Crippen LogP contribution is 2.67. The molecule has 5 aliphatic carbocycles. The van der Waals surface area contributed by atoms with Gasteiger partial charge < -0.3 is 15.4 Å². The number of alkyl carbamates (subject to hydrolysis) is 1. The number of amides is 2. The first-order valence-corrected chi connectivity index (χ1v) is 13.1. The third-order valence-electron chi connectivity index (χ3n) is 8.93. The van der Waals surface area contributed by atoms with Crippen LogP contribution in [-0.4, -0.2) is 29.7 Å². The van der Waals surface area contributed by atoms with Crippen molar-refractivity contribution in [3.8, 4) is 0 Å². The van der Waals surface area contributed by atoms with Gasteiger partial charge in [-0.25, -0.2) is 4.79 Å². The molecule has 0 radical (unpaired) electrons. The minimum Gasteiger partial charge on any atom is -0.444 e. The molecule has 2 unspecified atom stereocenters. The minimum absolute atomic E-state index is 0.112. The molecule has 2 atom stereocenters. The fourth-order valence-corrected chi connectivity index (χ4v) is 7.58. The van der Waals surface area contributed by atoms with Gasteiger partial charge in [0.1, 0.15) is 5.60 Å². The summed E-state index contributed by atoms with van der Waals surface area (Å²) in [5.74, 6) is 1.18. The Morgan fingerprint density at radius 2 is 1.47 bits per heavy atom. The molecule has 34 heavy (non-hydrogen) atoms. The molecule has 5 fully saturated rings. The number of carbonyl (C=O) groups is 2. The lowest BCUT2D eigenvalue weighted by Crippen LogP contribution is -2.60. The first-order chi connectivity index (χ1) is 16.1. The second-order valence-corrected chi connectivity index (χ2v) is 12.6. The van der Waals surface area contributed by atoms with Crippen molar-refractivity contribution in [3.63, 3.8) is 0 Å². The molecule has 4 bridgehead atoms. The molecule has 184 valence electrons. The van der Waals surface area contributed by atoms with Gasteiger partial charge in [-0.15, -0.1) is 0 Å². The highest BCUT2D eigenvalue weighted by molar-refractivity contribution is 5.84. The molecule has 5 saturated carbocycles. The van der Waals surface area contributed by atoms with Crippen LogP contribution < -0.4 is 10.6 Å². The van der Waals surface area contributed by atoms with Crippen LogP contribution in [0.1, 0.15) is 84.1 Å². The van der Waals surface area contributed by atoms with Crippen molar-refractivity contribution in [2.24, 2.45) is 17.3 Å². The van der Waals surface area contributed by atoms with Gasteiger partial charge in [0.2, 0.25) is 5.91 Å². The molecule has 0 spiro atoms. The molecule has 1 aromatic carbocycles. The van der Waals surface area contributed by atoms with Gasteiger partial charge in [0.05, 0.1) is 5.41 Å². The van der Waals surface area contributed by atoms with Gasteiger partial charge >= 0.3 is 6.09 Å². The van der Waals surface area contributed by atoms with Gasteiger partial charge in [-0.05, 0) is 101 Å². The van der Waals surface area contributed by atoms with Gasteiger partial charge in [-0.1, -0.05) is 42.5 Å². The molecule has 5 heteroatoms. The predicted octanol–water partition coefficient (Wildman–Crippen LogP) is 5.64. The van der Waals surface area contributed by atoms with E-state index in [9.17, 15) is 9.59 Å². The smallest absolute Gasteiger partial charge is 0.407 e. The van der Waals surface area contributed by atoms with Crippen molar-refractivity contribution in [2.45, 2.75) is 102 Å². The maximum atomic E-state index is 13.8. The summed E-state index contributed by atoms with van der Waals surface area (Å²) in [6.45, 7) is 10.1. The first kappa shape index (κ1) is 23.4. The number of rotatable bonds is 4. The van der Waals surface area contributed by atoms with Crippen molar-refractivity contribution >= 4 is 12.0 Å². The second kappa shape index (κ2) is 8.42. The standard InChI is InChI=1S/C29H40N2O3/c1-19-20-14-28(22-8-6-5-7-9-22)15-21(19)17-29(16-20,18-28)25(32)30-23-10-12-24(13-11-23)31-26(33)34-27(2,3)4/h5-9,20-21,23-24H,1,10-18H2,2-4H3,(H,30,32)(H,31,33).